The Morgan fingerprint density at radius 3 is 1.97 bits per heavy atom. The molecule has 1 unspecified atom stereocenters. The van der Waals surface area contributed by atoms with Gasteiger partial charge >= 0.3 is 17.9 Å². The van der Waals surface area contributed by atoms with Crippen LogP contribution in [0.4, 0.5) is 5.69 Å². The minimum Gasteiger partial charge on any atom is -0.467 e. The molecule has 8 nitrogen and oxygen atoms in total. The molecule has 0 saturated carbocycles. The lowest BCUT2D eigenvalue weighted by atomic mass is 9.91. The van der Waals surface area contributed by atoms with E-state index in [9.17, 15) is 19.2 Å². The SMILES string of the molecule is COC(=O)/C=C(/C(=O)OC)C(=Nc1c(C)cccc1C)C(Cl)(C(C)=O)C(=O)OC. The van der Waals surface area contributed by atoms with Crippen LogP contribution in [0.15, 0.2) is 34.8 Å². The van der Waals surface area contributed by atoms with Crippen LogP contribution in [0.3, 0.4) is 0 Å². The number of carbonyl (C=O) groups excluding carboxylic acids is 4. The Morgan fingerprint density at radius 1 is 1.00 bits per heavy atom. The van der Waals surface area contributed by atoms with Gasteiger partial charge in [-0.2, -0.15) is 0 Å². The van der Waals surface area contributed by atoms with Crippen LogP contribution in [0.1, 0.15) is 18.1 Å². The lowest BCUT2D eigenvalue weighted by Crippen LogP contribution is -2.50. The van der Waals surface area contributed by atoms with Crippen molar-refractivity contribution in [3.05, 3.63) is 41.0 Å². The number of halogens is 1. The van der Waals surface area contributed by atoms with Gasteiger partial charge in [0.05, 0.1) is 38.3 Å². The topological polar surface area (TPSA) is 108 Å². The lowest BCUT2D eigenvalue weighted by molar-refractivity contribution is -0.144. The van der Waals surface area contributed by atoms with E-state index in [2.05, 4.69) is 14.5 Å². The summed E-state index contributed by atoms with van der Waals surface area (Å²) in [6.45, 7) is 4.53. The maximum absolute atomic E-state index is 12.5. The summed E-state index contributed by atoms with van der Waals surface area (Å²) in [5.41, 5.74) is 0.692. The molecule has 29 heavy (non-hydrogen) atoms. The Balaban J connectivity index is 4.05. The number of nitrogens with zero attached hydrogens (tertiary/aromatic N) is 1. The molecule has 0 aromatic heterocycles. The molecule has 156 valence electrons. The molecule has 1 atom stereocenters. The molecule has 0 radical (unpaired) electrons. The van der Waals surface area contributed by atoms with Crippen molar-refractivity contribution in [1.29, 1.82) is 0 Å². The smallest absolute Gasteiger partial charge is 0.340 e. The van der Waals surface area contributed by atoms with Gasteiger partial charge < -0.3 is 14.2 Å². The molecule has 0 bridgehead atoms. The number of benzene rings is 1. The lowest BCUT2D eigenvalue weighted by Gasteiger charge is -2.24. The van der Waals surface area contributed by atoms with E-state index in [-0.39, 0.29) is 0 Å². The number of alkyl halides is 1. The van der Waals surface area contributed by atoms with E-state index in [0.717, 1.165) is 34.3 Å². The Morgan fingerprint density at radius 2 is 1.55 bits per heavy atom. The van der Waals surface area contributed by atoms with Crippen molar-refractivity contribution < 1.29 is 33.4 Å². The third-order valence-corrected chi connectivity index (χ3v) is 4.66. The first-order valence-electron chi connectivity index (χ1n) is 8.36. The van der Waals surface area contributed by atoms with Gasteiger partial charge in [0.1, 0.15) is 0 Å². The van der Waals surface area contributed by atoms with Gasteiger partial charge in [-0.15, -0.1) is 0 Å². The number of carbonyl (C=O) groups is 4. The van der Waals surface area contributed by atoms with Crippen molar-refractivity contribution >= 4 is 46.7 Å². The van der Waals surface area contributed by atoms with Crippen molar-refractivity contribution in [2.75, 3.05) is 21.3 Å². The van der Waals surface area contributed by atoms with Crippen LogP contribution >= 0.6 is 11.6 Å². The zero-order valence-electron chi connectivity index (χ0n) is 17.0. The van der Waals surface area contributed by atoms with E-state index in [0.29, 0.717) is 16.8 Å². The maximum atomic E-state index is 12.5. The number of ether oxygens (including phenoxy) is 3. The molecule has 1 aromatic rings. The maximum Gasteiger partial charge on any atom is 0.340 e. The van der Waals surface area contributed by atoms with Gasteiger partial charge in [-0.05, 0) is 31.9 Å². The van der Waals surface area contributed by atoms with Crippen LogP contribution < -0.4 is 0 Å². The number of rotatable bonds is 7. The van der Waals surface area contributed by atoms with Gasteiger partial charge in [-0.3, -0.25) is 4.79 Å². The van der Waals surface area contributed by atoms with Gasteiger partial charge in [-0.25, -0.2) is 19.4 Å². The van der Waals surface area contributed by atoms with Crippen LogP contribution in [-0.4, -0.2) is 55.6 Å². The van der Waals surface area contributed by atoms with Crippen LogP contribution in [-0.2, 0) is 33.4 Å². The monoisotopic (exact) mass is 423 g/mol. The van der Waals surface area contributed by atoms with E-state index < -0.39 is 39.9 Å². The van der Waals surface area contributed by atoms with Crippen molar-refractivity contribution in [3.63, 3.8) is 0 Å². The number of aliphatic imine (C=N–C) groups is 1. The minimum absolute atomic E-state index is 0.359. The summed E-state index contributed by atoms with van der Waals surface area (Å²) in [7, 11) is 3.18. The minimum atomic E-state index is -2.50. The summed E-state index contributed by atoms with van der Waals surface area (Å²) in [6, 6.07) is 5.27. The summed E-state index contributed by atoms with van der Waals surface area (Å²) in [4.78, 5) is 51.1. The predicted molar refractivity (Wildman–Crippen MR) is 106 cm³/mol. The van der Waals surface area contributed by atoms with Crippen LogP contribution in [0.5, 0.6) is 0 Å². The van der Waals surface area contributed by atoms with Crippen LogP contribution in [0, 0.1) is 13.8 Å². The zero-order valence-corrected chi connectivity index (χ0v) is 17.7. The molecule has 0 aliphatic heterocycles. The summed E-state index contributed by atoms with van der Waals surface area (Å²) < 4.78 is 14.0. The van der Waals surface area contributed by atoms with Crippen LogP contribution in [0.2, 0.25) is 0 Å². The highest BCUT2D eigenvalue weighted by Crippen LogP contribution is 2.31. The first-order valence-corrected chi connectivity index (χ1v) is 8.74. The number of Topliss-reactive ketones (excluding diaryl/α,β-unsaturated/α-hetero) is 1. The normalized spacial score (nSPS) is 13.9. The third-order valence-electron chi connectivity index (χ3n) is 4.07. The van der Waals surface area contributed by atoms with Gasteiger partial charge in [0.15, 0.2) is 5.78 Å². The summed E-state index contributed by atoms with van der Waals surface area (Å²) in [5.74, 6) is -4.02. The van der Waals surface area contributed by atoms with Crippen LogP contribution in [0.25, 0.3) is 0 Å². The molecule has 0 saturated heterocycles. The molecule has 0 N–H and O–H groups in total. The van der Waals surface area contributed by atoms with Gasteiger partial charge in [0.25, 0.3) is 0 Å². The van der Waals surface area contributed by atoms with E-state index in [1.165, 1.54) is 0 Å². The largest absolute Gasteiger partial charge is 0.467 e. The highest BCUT2D eigenvalue weighted by molar-refractivity contribution is 6.61. The number of esters is 3. The Kier molecular flexibility index (Phi) is 8.27. The molecular weight excluding hydrogens is 402 g/mol. The highest BCUT2D eigenvalue weighted by Gasteiger charge is 2.51. The number of hydrogen-bond donors (Lipinski definition) is 0. The highest BCUT2D eigenvalue weighted by atomic mass is 35.5. The van der Waals surface area contributed by atoms with E-state index in [1.807, 2.05) is 0 Å². The molecule has 9 heteroatoms. The van der Waals surface area contributed by atoms with Gasteiger partial charge in [0.2, 0.25) is 4.87 Å². The standard InChI is InChI=1S/C20H22ClNO7/c1-11-8-7-9-12(2)16(11)22-17(20(21,13(3)23)19(26)29-6)14(18(25)28-5)10-15(24)27-4/h7-10H,1-6H3/b14-10+,22-17?. The van der Waals surface area contributed by atoms with E-state index in [1.54, 1.807) is 32.0 Å². The Labute approximate surface area is 173 Å². The third kappa shape index (κ3) is 5.08. The van der Waals surface area contributed by atoms with Gasteiger partial charge in [-0.1, -0.05) is 29.8 Å². The van der Waals surface area contributed by atoms with Crippen molar-refractivity contribution in [3.8, 4) is 0 Å². The van der Waals surface area contributed by atoms with E-state index in [4.69, 9.17) is 16.3 Å². The fourth-order valence-electron chi connectivity index (χ4n) is 2.48. The first-order chi connectivity index (χ1) is 13.5. The Hall–Kier alpha value is -3.00. The Bertz CT molecular complexity index is 884. The molecule has 0 amide bonds. The average Bonchev–Trinajstić information content (AvgIpc) is 2.70. The second kappa shape index (κ2) is 9.97. The quantitative estimate of drug-likeness (QED) is 0.165. The molecule has 0 fully saturated rings. The molecule has 0 spiro atoms. The average molecular weight is 424 g/mol. The molecule has 0 heterocycles. The fourth-order valence-corrected chi connectivity index (χ4v) is 2.70. The second-order valence-corrected chi connectivity index (χ2v) is 6.55. The number of para-hydroxylation sites is 1. The predicted octanol–water partition coefficient (Wildman–Crippen LogP) is 2.39. The number of aryl methyl sites for hydroxylation is 2. The fraction of sp³-hybridized carbons (Fsp3) is 0.350. The first kappa shape index (κ1) is 24.0. The van der Waals surface area contributed by atoms with Crippen molar-refractivity contribution in [2.24, 2.45) is 4.99 Å². The summed E-state index contributed by atoms with van der Waals surface area (Å²) in [5, 5.41) is 0. The number of hydrogen-bond acceptors (Lipinski definition) is 8. The molecule has 0 aliphatic rings. The second-order valence-electron chi connectivity index (χ2n) is 5.98. The summed E-state index contributed by atoms with van der Waals surface area (Å²) >= 11 is 6.41. The molecule has 0 aliphatic carbocycles. The van der Waals surface area contributed by atoms with Crippen molar-refractivity contribution in [1.82, 2.24) is 0 Å². The number of ketones is 1. The molecular formula is C20H22ClNO7. The van der Waals surface area contributed by atoms with Crippen molar-refractivity contribution in [2.45, 2.75) is 25.6 Å². The zero-order chi connectivity index (χ0) is 22.4. The summed E-state index contributed by atoms with van der Waals surface area (Å²) in [6.07, 6.45) is 0.751. The number of methoxy groups -OCH3 is 3. The molecule has 1 aromatic carbocycles. The molecule has 1 rings (SSSR count). The van der Waals surface area contributed by atoms with Gasteiger partial charge in [0, 0.05) is 6.08 Å². The van der Waals surface area contributed by atoms with E-state index >= 15 is 0 Å².